The van der Waals surface area contributed by atoms with Crippen molar-refractivity contribution in [3.05, 3.63) is 101 Å². The molecule has 1 fully saturated rings. The van der Waals surface area contributed by atoms with E-state index in [0.29, 0.717) is 31.8 Å². The van der Waals surface area contributed by atoms with Crippen molar-refractivity contribution in [2.24, 2.45) is 0 Å². The van der Waals surface area contributed by atoms with Gasteiger partial charge in [0.05, 0.1) is 26.4 Å². The maximum atomic E-state index is 13.1. The molecular weight excluding hydrogens is 578 g/mol. The maximum absolute atomic E-state index is 13.1. The van der Waals surface area contributed by atoms with Gasteiger partial charge in [0.2, 0.25) is 0 Å². The first-order valence-electron chi connectivity index (χ1n) is 16.4. The number of imidazole rings is 1. The molecule has 9 nitrogen and oxygen atoms in total. The molecule has 0 aliphatic carbocycles. The second-order valence-corrected chi connectivity index (χ2v) is 11.8. The molecule has 1 amide bonds. The van der Waals surface area contributed by atoms with E-state index in [9.17, 15) is 4.79 Å². The lowest BCUT2D eigenvalue weighted by atomic mass is 9.87. The van der Waals surface area contributed by atoms with E-state index >= 15 is 0 Å². The van der Waals surface area contributed by atoms with E-state index < -0.39 is 0 Å². The van der Waals surface area contributed by atoms with Gasteiger partial charge < -0.3 is 24.1 Å². The van der Waals surface area contributed by atoms with Crippen LogP contribution in [0.1, 0.15) is 52.6 Å². The summed E-state index contributed by atoms with van der Waals surface area (Å²) in [6.45, 7) is 11.7. The lowest BCUT2D eigenvalue weighted by molar-refractivity contribution is 0.0321. The lowest BCUT2D eigenvalue weighted by Gasteiger charge is -2.38. The topological polar surface area (TPSA) is 83.2 Å². The Balaban J connectivity index is 1.31. The Kier molecular flexibility index (Phi) is 10.3. The first-order valence-corrected chi connectivity index (χ1v) is 16.4. The Morgan fingerprint density at radius 1 is 1.00 bits per heavy atom. The highest BCUT2D eigenvalue weighted by molar-refractivity contribution is 5.94. The average Bonchev–Trinajstić information content (AvgIpc) is 3.58. The predicted molar refractivity (Wildman–Crippen MR) is 179 cm³/mol. The van der Waals surface area contributed by atoms with E-state index in [4.69, 9.17) is 19.2 Å². The van der Waals surface area contributed by atoms with Crippen LogP contribution in [-0.2, 0) is 17.7 Å². The highest BCUT2D eigenvalue weighted by Crippen LogP contribution is 2.42. The molecule has 1 atom stereocenters. The number of aromatic nitrogens is 2. The molecule has 6 rings (SSSR count). The molecule has 3 aromatic carbocycles. The number of H-pyrrole nitrogens is 1. The van der Waals surface area contributed by atoms with Gasteiger partial charge in [-0.05, 0) is 61.2 Å². The molecule has 4 aromatic rings. The number of carbonyl (C=O) groups excluding carboxylic acids is 1. The highest BCUT2D eigenvalue weighted by Gasteiger charge is 2.31. The van der Waals surface area contributed by atoms with Gasteiger partial charge in [-0.25, -0.2) is 4.98 Å². The summed E-state index contributed by atoms with van der Waals surface area (Å²) in [5, 5.41) is 0. The fourth-order valence-corrected chi connectivity index (χ4v) is 6.52. The van der Waals surface area contributed by atoms with Crippen molar-refractivity contribution >= 4 is 5.91 Å². The summed E-state index contributed by atoms with van der Waals surface area (Å²) in [6.07, 6.45) is 2.82. The Labute approximate surface area is 272 Å². The molecule has 2 aliphatic heterocycles. The van der Waals surface area contributed by atoms with E-state index in [1.165, 1.54) is 11.1 Å². The quantitative estimate of drug-likeness (QED) is 0.226. The molecule has 2 aliphatic rings. The molecule has 0 bridgehead atoms. The molecule has 1 aromatic heterocycles. The van der Waals surface area contributed by atoms with Gasteiger partial charge in [0.1, 0.15) is 12.4 Å². The van der Waals surface area contributed by atoms with Crippen LogP contribution in [0.3, 0.4) is 0 Å². The number of hydrogen-bond donors (Lipinski definition) is 1. The molecule has 242 valence electrons. The highest BCUT2D eigenvalue weighted by atomic mass is 16.5. The molecule has 46 heavy (non-hydrogen) atoms. The zero-order valence-electron chi connectivity index (χ0n) is 27.2. The largest absolute Gasteiger partial charge is 0.493 e. The number of amides is 1. The van der Waals surface area contributed by atoms with Crippen LogP contribution in [0.4, 0.5) is 0 Å². The van der Waals surface area contributed by atoms with E-state index in [0.717, 1.165) is 80.0 Å². The number of aromatic amines is 1. The standard InChI is InChI=1S/C37H45N5O4/c1-4-41(5-2)37(43)29-13-11-27(12-14-29)35-32-24-34(46-22-19-40-17-20-45-21-18-40)33(44-3)23-30(32)15-16-42(35)26-31-25-38-36(39-31)28-9-7-6-8-10-28/h6-14,23-25,35H,4-5,15-22,26H2,1-3H3,(H,38,39)/t35-/m0/s1. The average molecular weight is 624 g/mol. The fraction of sp³-hybridized carbons (Fsp3) is 0.405. The predicted octanol–water partition coefficient (Wildman–Crippen LogP) is 5.43. The van der Waals surface area contributed by atoms with Crippen LogP contribution in [0.5, 0.6) is 11.5 Å². The molecule has 0 spiro atoms. The number of methoxy groups -OCH3 is 1. The number of carbonyl (C=O) groups is 1. The summed E-state index contributed by atoms with van der Waals surface area (Å²) in [5.74, 6) is 2.44. The first-order chi connectivity index (χ1) is 22.6. The van der Waals surface area contributed by atoms with Crippen molar-refractivity contribution < 1.29 is 19.0 Å². The van der Waals surface area contributed by atoms with E-state index in [2.05, 4.69) is 51.2 Å². The van der Waals surface area contributed by atoms with Crippen molar-refractivity contribution in [1.82, 2.24) is 24.7 Å². The lowest BCUT2D eigenvalue weighted by Crippen LogP contribution is -2.38. The number of hydrogen-bond acceptors (Lipinski definition) is 7. The smallest absolute Gasteiger partial charge is 0.253 e. The monoisotopic (exact) mass is 623 g/mol. The molecule has 1 saturated heterocycles. The number of nitrogens with one attached hydrogen (secondary N) is 1. The third-order valence-corrected chi connectivity index (χ3v) is 9.10. The molecule has 0 saturated carbocycles. The third kappa shape index (κ3) is 7.12. The van der Waals surface area contributed by atoms with Crippen molar-refractivity contribution in [3.63, 3.8) is 0 Å². The van der Waals surface area contributed by atoms with Crippen LogP contribution < -0.4 is 9.47 Å². The SMILES string of the molecule is CCN(CC)C(=O)c1ccc([C@H]2c3cc(OCCN4CCOCC4)c(OC)cc3CCN2Cc2cnc(-c3ccccc3)[nH]2)cc1. The number of benzene rings is 3. The fourth-order valence-electron chi connectivity index (χ4n) is 6.52. The second-order valence-electron chi connectivity index (χ2n) is 11.8. The Hall–Kier alpha value is -4.18. The van der Waals surface area contributed by atoms with Crippen LogP contribution >= 0.6 is 0 Å². The summed E-state index contributed by atoms with van der Waals surface area (Å²) in [6, 6.07) is 22.6. The number of fused-ring (bicyclic) bond motifs is 1. The minimum atomic E-state index is -0.0441. The number of ether oxygens (including phenoxy) is 3. The number of nitrogens with zero attached hydrogens (tertiary/aromatic N) is 4. The molecule has 1 N–H and O–H groups in total. The summed E-state index contributed by atoms with van der Waals surface area (Å²) >= 11 is 0. The minimum absolute atomic E-state index is 0.0441. The van der Waals surface area contributed by atoms with E-state index in [-0.39, 0.29) is 11.9 Å². The summed E-state index contributed by atoms with van der Waals surface area (Å²) in [4.78, 5) is 28.1. The van der Waals surface area contributed by atoms with Crippen molar-refractivity contribution in [2.75, 3.05) is 66.2 Å². The summed E-state index contributed by atoms with van der Waals surface area (Å²) in [7, 11) is 1.71. The van der Waals surface area contributed by atoms with Crippen LogP contribution in [-0.4, -0.2) is 96.8 Å². The van der Waals surface area contributed by atoms with E-state index in [1.807, 2.05) is 55.3 Å². The molecular formula is C37H45N5O4. The Morgan fingerprint density at radius 3 is 2.48 bits per heavy atom. The van der Waals surface area contributed by atoms with Gasteiger partial charge in [-0.2, -0.15) is 0 Å². The van der Waals surface area contributed by atoms with Gasteiger partial charge in [0.15, 0.2) is 11.5 Å². The van der Waals surface area contributed by atoms with E-state index in [1.54, 1.807) is 7.11 Å². The Bertz CT molecular complexity index is 1580. The van der Waals surface area contributed by atoms with Gasteiger partial charge in [-0.1, -0.05) is 42.5 Å². The van der Waals surface area contributed by atoms with Crippen LogP contribution in [0, 0.1) is 0 Å². The zero-order valence-corrected chi connectivity index (χ0v) is 27.2. The van der Waals surface area contributed by atoms with Gasteiger partial charge in [0, 0.05) is 68.8 Å². The van der Waals surface area contributed by atoms with Gasteiger partial charge in [0.25, 0.3) is 5.91 Å². The second kappa shape index (κ2) is 14.9. The first kappa shape index (κ1) is 31.8. The zero-order chi connectivity index (χ0) is 31.9. The minimum Gasteiger partial charge on any atom is -0.493 e. The maximum Gasteiger partial charge on any atom is 0.253 e. The van der Waals surface area contributed by atoms with Crippen LogP contribution in [0.25, 0.3) is 11.4 Å². The molecule has 9 heteroatoms. The number of rotatable bonds is 12. The van der Waals surface area contributed by atoms with Gasteiger partial charge >= 0.3 is 0 Å². The van der Waals surface area contributed by atoms with Gasteiger partial charge in [-0.15, -0.1) is 0 Å². The molecule has 3 heterocycles. The summed E-state index contributed by atoms with van der Waals surface area (Å²) < 4.78 is 17.7. The summed E-state index contributed by atoms with van der Waals surface area (Å²) in [5.41, 5.74) is 6.39. The Morgan fingerprint density at radius 2 is 1.76 bits per heavy atom. The van der Waals surface area contributed by atoms with Crippen LogP contribution in [0.2, 0.25) is 0 Å². The number of morpholine rings is 1. The van der Waals surface area contributed by atoms with Crippen molar-refractivity contribution in [3.8, 4) is 22.9 Å². The van der Waals surface area contributed by atoms with Gasteiger partial charge in [-0.3, -0.25) is 14.6 Å². The molecule has 0 unspecified atom stereocenters. The molecule has 0 radical (unpaired) electrons. The third-order valence-electron chi connectivity index (χ3n) is 9.10. The normalized spacial score (nSPS) is 17.0. The van der Waals surface area contributed by atoms with Crippen LogP contribution in [0.15, 0.2) is 72.9 Å². The van der Waals surface area contributed by atoms with Crippen molar-refractivity contribution in [2.45, 2.75) is 32.9 Å². The van der Waals surface area contributed by atoms with Crippen molar-refractivity contribution in [1.29, 1.82) is 0 Å².